The van der Waals surface area contributed by atoms with Crippen LogP contribution in [0.4, 0.5) is 11.4 Å². The van der Waals surface area contributed by atoms with E-state index in [9.17, 15) is 8.42 Å². The summed E-state index contributed by atoms with van der Waals surface area (Å²) in [5.74, 6) is -0.0449. The molecule has 21 heavy (non-hydrogen) atoms. The van der Waals surface area contributed by atoms with E-state index in [2.05, 4.69) is 0 Å². The molecule has 0 aliphatic carbocycles. The van der Waals surface area contributed by atoms with E-state index in [4.69, 9.17) is 5.73 Å². The number of nitrogens with two attached hydrogens (primary N) is 1. The third-order valence-corrected chi connectivity index (χ3v) is 5.06. The summed E-state index contributed by atoms with van der Waals surface area (Å²) in [6.45, 7) is 3.91. The second-order valence-electron chi connectivity index (χ2n) is 5.31. The molecule has 2 aromatic rings. The van der Waals surface area contributed by atoms with Gasteiger partial charge in [0.05, 0.1) is 11.4 Å². The van der Waals surface area contributed by atoms with E-state index in [0.717, 1.165) is 16.7 Å². The summed E-state index contributed by atoms with van der Waals surface area (Å²) in [5.41, 5.74) is 9.73. The van der Waals surface area contributed by atoms with Crippen LogP contribution in [-0.2, 0) is 15.8 Å². The Labute approximate surface area is 126 Å². The van der Waals surface area contributed by atoms with Crippen molar-refractivity contribution >= 4 is 21.4 Å². The summed E-state index contributed by atoms with van der Waals surface area (Å²) in [5, 5.41) is 0. The van der Waals surface area contributed by atoms with Crippen molar-refractivity contribution in [1.82, 2.24) is 0 Å². The minimum Gasteiger partial charge on any atom is -0.399 e. The van der Waals surface area contributed by atoms with E-state index in [1.165, 1.54) is 4.31 Å². The van der Waals surface area contributed by atoms with Crippen molar-refractivity contribution in [2.45, 2.75) is 19.6 Å². The highest BCUT2D eigenvalue weighted by Gasteiger charge is 2.19. The normalized spacial score (nSPS) is 11.4. The van der Waals surface area contributed by atoms with Gasteiger partial charge in [0, 0.05) is 12.7 Å². The number of hydrogen-bond donors (Lipinski definition) is 1. The average molecular weight is 304 g/mol. The number of rotatable bonds is 4. The molecule has 4 nitrogen and oxygen atoms in total. The summed E-state index contributed by atoms with van der Waals surface area (Å²) < 4.78 is 26.3. The van der Waals surface area contributed by atoms with Gasteiger partial charge in [0.1, 0.15) is 0 Å². The van der Waals surface area contributed by atoms with Crippen molar-refractivity contribution in [3.05, 3.63) is 59.2 Å². The van der Waals surface area contributed by atoms with Gasteiger partial charge in [-0.05, 0) is 54.8 Å². The zero-order valence-corrected chi connectivity index (χ0v) is 13.3. The van der Waals surface area contributed by atoms with Crippen molar-refractivity contribution < 1.29 is 8.42 Å². The predicted molar refractivity (Wildman–Crippen MR) is 87.8 cm³/mol. The van der Waals surface area contributed by atoms with Crippen LogP contribution in [0.5, 0.6) is 0 Å². The number of hydrogen-bond acceptors (Lipinski definition) is 3. The van der Waals surface area contributed by atoms with Crippen LogP contribution in [0, 0.1) is 13.8 Å². The third-order valence-electron chi connectivity index (χ3n) is 3.32. The second-order valence-corrected chi connectivity index (χ2v) is 7.31. The molecule has 0 heterocycles. The lowest BCUT2D eigenvalue weighted by Crippen LogP contribution is -2.28. The molecule has 0 saturated carbocycles. The van der Waals surface area contributed by atoms with Crippen molar-refractivity contribution in [2.75, 3.05) is 17.1 Å². The van der Waals surface area contributed by atoms with Gasteiger partial charge in [0.25, 0.3) is 0 Å². The standard InChI is InChI=1S/C16H20N2O2S/c1-12-8-13(2)10-16(9-12)18(3)21(19,20)11-14-4-6-15(17)7-5-14/h4-10H,11,17H2,1-3H3. The maximum atomic E-state index is 12.5. The summed E-state index contributed by atoms with van der Waals surface area (Å²) in [7, 11) is -1.84. The van der Waals surface area contributed by atoms with Crippen LogP contribution in [-0.4, -0.2) is 15.5 Å². The summed E-state index contributed by atoms with van der Waals surface area (Å²) in [6, 6.07) is 12.7. The second kappa shape index (κ2) is 5.77. The Morgan fingerprint density at radius 2 is 1.52 bits per heavy atom. The molecule has 112 valence electrons. The topological polar surface area (TPSA) is 63.4 Å². The largest absolute Gasteiger partial charge is 0.399 e. The van der Waals surface area contributed by atoms with Crippen LogP contribution < -0.4 is 10.0 Å². The zero-order chi connectivity index (χ0) is 15.6. The summed E-state index contributed by atoms with van der Waals surface area (Å²) in [4.78, 5) is 0. The molecule has 0 bridgehead atoms. The quantitative estimate of drug-likeness (QED) is 0.883. The Hall–Kier alpha value is -2.01. The highest BCUT2D eigenvalue weighted by molar-refractivity contribution is 7.92. The van der Waals surface area contributed by atoms with Gasteiger partial charge in [-0.3, -0.25) is 4.31 Å². The van der Waals surface area contributed by atoms with Crippen LogP contribution >= 0.6 is 0 Å². The lowest BCUT2D eigenvalue weighted by molar-refractivity contribution is 0.593. The predicted octanol–water partition coefficient (Wildman–Crippen LogP) is 2.85. The first kappa shape index (κ1) is 15.4. The fourth-order valence-corrected chi connectivity index (χ4v) is 3.45. The molecule has 0 fully saturated rings. The molecule has 5 heteroatoms. The number of nitrogen functional groups attached to an aromatic ring is 1. The molecule has 2 rings (SSSR count). The minimum absolute atomic E-state index is 0.0449. The number of sulfonamides is 1. The summed E-state index contributed by atoms with van der Waals surface area (Å²) in [6.07, 6.45) is 0. The van der Waals surface area contributed by atoms with Gasteiger partial charge in [-0.15, -0.1) is 0 Å². The monoisotopic (exact) mass is 304 g/mol. The van der Waals surface area contributed by atoms with E-state index in [0.29, 0.717) is 11.4 Å². The average Bonchev–Trinajstić information content (AvgIpc) is 2.39. The maximum absolute atomic E-state index is 12.5. The molecule has 0 spiro atoms. The first-order chi connectivity index (χ1) is 9.78. The van der Waals surface area contributed by atoms with E-state index in [-0.39, 0.29) is 5.75 Å². The van der Waals surface area contributed by atoms with Crippen LogP contribution in [0.1, 0.15) is 16.7 Å². The molecule has 0 aromatic heterocycles. The first-order valence-corrected chi connectivity index (χ1v) is 8.28. The van der Waals surface area contributed by atoms with Crippen LogP contribution in [0.3, 0.4) is 0 Å². The van der Waals surface area contributed by atoms with E-state index in [1.807, 2.05) is 32.0 Å². The lowest BCUT2D eigenvalue weighted by Gasteiger charge is -2.20. The van der Waals surface area contributed by atoms with Gasteiger partial charge in [-0.2, -0.15) is 0 Å². The molecular weight excluding hydrogens is 284 g/mol. The molecule has 0 radical (unpaired) electrons. The first-order valence-electron chi connectivity index (χ1n) is 6.67. The number of anilines is 2. The zero-order valence-electron chi connectivity index (χ0n) is 12.5. The highest BCUT2D eigenvalue weighted by atomic mass is 32.2. The van der Waals surface area contributed by atoms with E-state index < -0.39 is 10.0 Å². The Bertz CT molecular complexity index is 717. The Balaban J connectivity index is 2.27. The SMILES string of the molecule is Cc1cc(C)cc(N(C)S(=O)(=O)Cc2ccc(N)cc2)c1. The van der Waals surface area contributed by atoms with Crippen molar-refractivity contribution in [1.29, 1.82) is 0 Å². The van der Waals surface area contributed by atoms with Crippen LogP contribution in [0.15, 0.2) is 42.5 Å². The molecule has 0 unspecified atom stereocenters. The molecule has 0 atom stereocenters. The van der Waals surface area contributed by atoms with Crippen LogP contribution in [0.2, 0.25) is 0 Å². The van der Waals surface area contributed by atoms with Gasteiger partial charge in [-0.1, -0.05) is 18.2 Å². The van der Waals surface area contributed by atoms with E-state index in [1.54, 1.807) is 31.3 Å². The fourth-order valence-electron chi connectivity index (χ4n) is 2.21. The van der Waals surface area contributed by atoms with Crippen molar-refractivity contribution in [3.63, 3.8) is 0 Å². The van der Waals surface area contributed by atoms with Gasteiger partial charge in [-0.25, -0.2) is 8.42 Å². The molecule has 0 amide bonds. The summed E-state index contributed by atoms with van der Waals surface area (Å²) >= 11 is 0. The minimum atomic E-state index is -3.42. The Morgan fingerprint density at radius 3 is 2.05 bits per heavy atom. The fraction of sp³-hybridized carbons (Fsp3) is 0.250. The molecule has 0 saturated heterocycles. The Kier molecular flexibility index (Phi) is 4.23. The number of aryl methyl sites for hydroxylation is 2. The Morgan fingerprint density at radius 1 is 1.00 bits per heavy atom. The van der Waals surface area contributed by atoms with Gasteiger partial charge in [0.2, 0.25) is 10.0 Å². The van der Waals surface area contributed by atoms with Gasteiger partial charge in [0.15, 0.2) is 0 Å². The molecule has 0 aliphatic heterocycles. The van der Waals surface area contributed by atoms with Gasteiger partial charge < -0.3 is 5.73 Å². The highest BCUT2D eigenvalue weighted by Crippen LogP contribution is 2.22. The molecule has 2 aromatic carbocycles. The smallest absolute Gasteiger partial charge is 0.239 e. The maximum Gasteiger partial charge on any atom is 0.239 e. The third kappa shape index (κ3) is 3.76. The molecular formula is C16H20N2O2S. The molecule has 0 aliphatic rings. The van der Waals surface area contributed by atoms with Crippen molar-refractivity contribution in [3.8, 4) is 0 Å². The van der Waals surface area contributed by atoms with Crippen LogP contribution in [0.25, 0.3) is 0 Å². The number of benzene rings is 2. The van der Waals surface area contributed by atoms with E-state index >= 15 is 0 Å². The van der Waals surface area contributed by atoms with Crippen molar-refractivity contribution in [2.24, 2.45) is 0 Å². The molecule has 2 N–H and O–H groups in total. The van der Waals surface area contributed by atoms with Gasteiger partial charge >= 0.3 is 0 Å². The number of nitrogens with zero attached hydrogens (tertiary/aromatic N) is 1. The lowest BCUT2D eigenvalue weighted by atomic mass is 10.1.